The molecule has 36 heavy (non-hydrogen) atoms. The molecule has 1 aromatic heterocycles. The zero-order chi connectivity index (χ0) is 25.2. The van der Waals surface area contributed by atoms with Crippen LogP contribution in [0.4, 0.5) is 16.2 Å². The highest BCUT2D eigenvalue weighted by Crippen LogP contribution is 2.40. The summed E-state index contributed by atoms with van der Waals surface area (Å²) in [5, 5.41) is 19.5. The van der Waals surface area contributed by atoms with Crippen molar-refractivity contribution in [1.29, 1.82) is 0 Å². The van der Waals surface area contributed by atoms with Crippen molar-refractivity contribution in [2.45, 2.75) is 32.9 Å². The van der Waals surface area contributed by atoms with Crippen molar-refractivity contribution in [2.75, 3.05) is 10.6 Å². The number of nitrogens with zero attached hydrogens (tertiary/aromatic N) is 1. The highest BCUT2D eigenvalue weighted by atomic mass is 16.6. The first-order chi connectivity index (χ1) is 17.4. The first-order valence-electron chi connectivity index (χ1n) is 11.6. The molecular weight excluding hydrogens is 458 g/mol. The first-order valence-corrected chi connectivity index (χ1v) is 11.6. The van der Waals surface area contributed by atoms with E-state index in [2.05, 4.69) is 15.8 Å². The van der Waals surface area contributed by atoms with Crippen molar-refractivity contribution in [3.63, 3.8) is 0 Å². The molecule has 0 saturated heterocycles. The molecule has 5 rings (SSSR count). The van der Waals surface area contributed by atoms with Gasteiger partial charge in [-0.1, -0.05) is 65.8 Å². The number of carboxylic acids is 1. The second-order valence-electron chi connectivity index (χ2n) is 8.72. The fourth-order valence-corrected chi connectivity index (χ4v) is 4.40. The average Bonchev–Trinajstić information content (AvgIpc) is 3.23. The Bertz CT molecular complexity index is 1450. The van der Waals surface area contributed by atoms with Crippen molar-refractivity contribution in [1.82, 2.24) is 5.16 Å². The van der Waals surface area contributed by atoms with Crippen LogP contribution in [-0.2, 0) is 22.5 Å². The van der Waals surface area contributed by atoms with Gasteiger partial charge in [0, 0.05) is 23.4 Å². The third-order valence-electron chi connectivity index (χ3n) is 6.22. The number of carbonyl (C=O) groups excluding carboxylic acids is 1. The fourth-order valence-electron chi connectivity index (χ4n) is 4.40. The van der Waals surface area contributed by atoms with E-state index in [0.717, 1.165) is 39.1 Å². The molecule has 0 fully saturated rings. The molecule has 0 saturated carbocycles. The van der Waals surface area contributed by atoms with Gasteiger partial charge in [0.05, 0.1) is 6.42 Å². The van der Waals surface area contributed by atoms with Crippen molar-refractivity contribution in [3.8, 4) is 22.4 Å². The number of aryl methyl sites for hydroxylation is 1. The summed E-state index contributed by atoms with van der Waals surface area (Å²) in [7, 11) is 0. The molecule has 8 nitrogen and oxygen atoms in total. The third kappa shape index (κ3) is 4.65. The molecule has 8 heteroatoms. The molecule has 0 radical (unpaired) electrons. The van der Waals surface area contributed by atoms with Crippen molar-refractivity contribution in [2.24, 2.45) is 0 Å². The maximum atomic E-state index is 12.6. The standard InChI is InChI=1S/C28H25N3O5/c1-16(19-6-4-3-5-7-19)35-28(34)30-26-17(2)36-31-27(26)20-9-11-23-22-10-8-18(13-25(32)33)12-21(22)15-29-24(23)14-20/h3-12,14,16,29H,13,15H2,1-2H3,(H,30,34)(H,32,33). The monoisotopic (exact) mass is 483 g/mol. The van der Waals surface area contributed by atoms with Crippen LogP contribution in [0, 0.1) is 6.92 Å². The SMILES string of the molecule is Cc1onc(-c2ccc3c(c2)NCc2cc(CC(=O)O)ccc2-3)c1NC(=O)OC(C)c1ccccc1. The summed E-state index contributed by atoms with van der Waals surface area (Å²) in [6.45, 7) is 4.12. The van der Waals surface area contributed by atoms with Gasteiger partial charge in [-0.05, 0) is 42.2 Å². The summed E-state index contributed by atoms with van der Waals surface area (Å²) in [4.78, 5) is 23.7. The first kappa shape index (κ1) is 23.2. The maximum absolute atomic E-state index is 12.6. The molecule has 3 aromatic carbocycles. The van der Waals surface area contributed by atoms with Gasteiger partial charge in [0.25, 0.3) is 0 Å². The predicted octanol–water partition coefficient (Wildman–Crippen LogP) is 6.18. The summed E-state index contributed by atoms with van der Waals surface area (Å²) in [5.74, 6) is -0.384. The van der Waals surface area contributed by atoms with Crippen LogP contribution in [0.5, 0.6) is 0 Å². The molecule has 0 bridgehead atoms. The number of fused-ring (bicyclic) bond motifs is 3. The van der Waals surface area contributed by atoms with E-state index < -0.39 is 18.2 Å². The minimum Gasteiger partial charge on any atom is -0.481 e. The number of rotatable bonds is 6. The van der Waals surface area contributed by atoms with Gasteiger partial charge in [0.2, 0.25) is 0 Å². The highest BCUT2D eigenvalue weighted by molar-refractivity contribution is 5.93. The lowest BCUT2D eigenvalue weighted by Gasteiger charge is -2.23. The van der Waals surface area contributed by atoms with Gasteiger partial charge in [-0.3, -0.25) is 10.1 Å². The van der Waals surface area contributed by atoms with Crippen LogP contribution in [0.3, 0.4) is 0 Å². The second-order valence-corrected chi connectivity index (χ2v) is 8.72. The van der Waals surface area contributed by atoms with E-state index in [0.29, 0.717) is 23.7 Å². The Kier molecular flexibility index (Phi) is 6.16. The molecule has 0 aliphatic carbocycles. The average molecular weight is 484 g/mol. The normalized spacial score (nSPS) is 12.6. The highest BCUT2D eigenvalue weighted by Gasteiger charge is 2.22. The molecule has 182 valence electrons. The summed E-state index contributed by atoms with van der Waals surface area (Å²) < 4.78 is 10.9. The largest absolute Gasteiger partial charge is 0.481 e. The summed E-state index contributed by atoms with van der Waals surface area (Å²) in [5.41, 5.74) is 7.41. The van der Waals surface area contributed by atoms with Crippen molar-refractivity contribution in [3.05, 3.63) is 89.2 Å². The lowest BCUT2D eigenvalue weighted by Crippen LogP contribution is -2.16. The zero-order valence-corrected chi connectivity index (χ0v) is 19.9. The quantitative estimate of drug-likeness (QED) is 0.300. The van der Waals surface area contributed by atoms with Gasteiger partial charge >= 0.3 is 12.1 Å². The number of carbonyl (C=O) groups is 2. The number of nitrogens with one attached hydrogen (secondary N) is 2. The molecular formula is C28H25N3O5. The minimum atomic E-state index is -0.852. The Balaban J connectivity index is 1.38. The second kappa shape index (κ2) is 9.58. The van der Waals surface area contributed by atoms with Crippen molar-refractivity contribution < 1.29 is 24.0 Å². The van der Waals surface area contributed by atoms with Crippen LogP contribution in [0.15, 0.2) is 71.3 Å². The predicted molar refractivity (Wildman–Crippen MR) is 136 cm³/mol. The molecule has 4 aromatic rings. The lowest BCUT2D eigenvalue weighted by molar-refractivity contribution is -0.136. The van der Waals surface area contributed by atoms with Crippen LogP contribution >= 0.6 is 0 Å². The summed E-state index contributed by atoms with van der Waals surface area (Å²) in [6.07, 6.45) is -1.02. The molecule has 1 aliphatic heterocycles. The zero-order valence-electron chi connectivity index (χ0n) is 19.9. The summed E-state index contributed by atoms with van der Waals surface area (Å²) >= 11 is 0. The van der Waals surface area contributed by atoms with Crippen molar-refractivity contribution >= 4 is 23.4 Å². The lowest BCUT2D eigenvalue weighted by atomic mass is 9.91. The number of hydrogen-bond acceptors (Lipinski definition) is 6. The molecule has 1 atom stereocenters. The minimum absolute atomic E-state index is 0.00702. The maximum Gasteiger partial charge on any atom is 0.412 e. The number of amides is 1. The van der Waals surface area contributed by atoms with Gasteiger partial charge in [-0.15, -0.1) is 0 Å². The van der Waals surface area contributed by atoms with E-state index in [1.54, 1.807) is 6.92 Å². The van der Waals surface area contributed by atoms with E-state index in [1.807, 2.05) is 73.7 Å². The van der Waals surface area contributed by atoms with Crippen LogP contribution in [-0.4, -0.2) is 22.3 Å². The van der Waals surface area contributed by atoms with Gasteiger partial charge in [0.15, 0.2) is 5.76 Å². The third-order valence-corrected chi connectivity index (χ3v) is 6.22. The number of anilines is 2. The number of aromatic nitrogens is 1. The fraction of sp³-hybridized carbons (Fsp3) is 0.179. The Morgan fingerprint density at radius 3 is 2.67 bits per heavy atom. The number of hydrogen-bond donors (Lipinski definition) is 3. The van der Waals surface area contributed by atoms with E-state index in [-0.39, 0.29) is 6.42 Å². The van der Waals surface area contributed by atoms with Gasteiger partial charge < -0.3 is 19.7 Å². The molecule has 3 N–H and O–H groups in total. The van der Waals surface area contributed by atoms with Gasteiger partial charge in [-0.25, -0.2) is 4.79 Å². The van der Waals surface area contributed by atoms with E-state index >= 15 is 0 Å². The molecule has 1 amide bonds. The van der Waals surface area contributed by atoms with E-state index in [9.17, 15) is 9.59 Å². The van der Waals surface area contributed by atoms with E-state index in [1.165, 1.54) is 0 Å². The molecule has 0 spiro atoms. The topological polar surface area (TPSA) is 114 Å². The van der Waals surface area contributed by atoms with Crippen LogP contribution < -0.4 is 10.6 Å². The Labute approximate surface area is 207 Å². The van der Waals surface area contributed by atoms with Crippen LogP contribution in [0.1, 0.15) is 35.5 Å². The molecule has 1 aliphatic rings. The van der Waals surface area contributed by atoms with Gasteiger partial charge in [0.1, 0.15) is 17.5 Å². The Morgan fingerprint density at radius 1 is 1.11 bits per heavy atom. The Morgan fingerprint density at radius 2 is 1.89 bits per heavy atom. The number of aliphatic carboxylic acids is 1. The van der Waals surface area contributed by atoms with Gasteiger partial charge in [-0.2, -0.15) is 0 Å². The van der Waals surface area contributed by atoms with Crippen LogP contribution in [0.25, 0.3) is 22.4 Å². The number of carboxylic acid groups (broad SMARTS) is 1. The smallest absolute Gasteiger partial charge is 0.412 e. The van der Waals surface area contributed by atoms with E-state index in [4.69, 9.17) is 14.4 Å². The summed E-state index contributed by atoms with van der Waals surface area (Å²) in [6, 6.07) is 21.1. The number of benzene rings is 3. The molecule has 1 unspecified atom stereocenters. The number of ether oxygens (including phenoxy) is 1. The van der Waals surface area contributed by atoms with Crippen LogP contribution in [0.2, 0.25) is 0 Å². The Hall–Kier alpha value is -4.59. The molecule has 2 heterocycles.